The van der Waals surface area contributed by atoms with Crippen molar-refractivity contribution in [2.75, 3.05) is 6.54 Å². The molecule has 5 nitrogen and oxygen atoms in total. The first-order valence-electron chi connectivity index (χ1n) is 5.23. The van der Waals surface area contributed by atoms with Gasteiger partial charge in [0.2, 0.25) is 0 Å². The van der Waals surface area contributed by atoms with Gasteiger partial charge in [-0.1, -0.05) is 13.8 Å². The minimum atomic E-state index is -0.522. The van der Waals surface area contributed by atoms with Gasteiger partial charge < -0.3 is 16.4 Å². The van der Waals surface area contributed by atoms with Gasteiger partial charge in [-0.05, 0) is 19.8 Å². The highest BCUT2D eigenvalue weighted by atomic mass is 16.2. The molecule has 0 saturated heterocycles. The van der Waals surface area contributed by atoms with Crippen LogP contribution < -0.4 is 16.4 Å². The van der Waals surface area contributed by atoms with Crippen LogP contribution in [0.1, 0.15) is 33.6 Å². The summed E-state index contributed by atoms with van der Waals surface area (Å²) in [5.74, 6) is 0.128. The lowest BCUT2D eigenvalue weighted by Gasteiger charge is -2.18. The zero-order valence-electron chi connectivity index (χ0n) is 9.67. The van der Waals surface area contributed by atoms with E-state index in [4.69, 9.17) is 5.73 Å². The molecule has 2 amide bonds. The lowest BCUT2D eigenvalue weighted by molar-refractivity contribution is -0.119. The van der Waals surface area contributed by atoms with E-state index in [1.807, 2.05) is 13.8 Å². The van der Waals surface area contributed by atoms with Gasteiger partial charge in [0.05, 0.1) is 6.04 Å². The minimum Gasteiger partial charge on any atom is -0.352 e. The molecule has 88 valence electrons. The number of rotatable bonds is 7. The molecule has 0 saturated carbocycles. The van der Waals surface area contributed by atoms with Crippen LogP contribution in [0.5, 0.6) is 0 Å². The van der Waals surface area contributed by atoms with Crippen molar-refractivity contribution in [3.63, 3.8) is 0 Å². The van der Waals surface area contributed by atoms with Crippen LogP contribution >= 0.6 is 0 Å². The van der Waals surface area contributed by atoms with Gasteiger partial charge in [0.15, 0.2) is 0 Å². The molecule has 0 bridgehead atoms. The quantitative estimate of drug-likeness (QED) is 0.537. The Morgan fingerprint density at radius 2 is 1.93 bits per heavy atom. The molecule has 0 radical (unpaired) electrons. The summed E-state index contributed by atoms with van der Waals surface area (Å²) in [5, 5.41) is 5.67. The van der Waals surface area contributed by atoms with E-state index in [-0.39, 0.29) is 17.9 Å². The van der Waals surface area contributed by atoms with Crippen molar-refractivity contribution in [3.8, 4) is 0 Å². The second-order valence-corrected chi connectivity index (χ2v) is 3.92. The summed E-state index contributed by atoms with van der Waals surface area (Å²) in [4.78, 5) is 21.6. The molecule has 0 fully saturated rings. The number of Topliss-reactive ketones (excluding diaryl/α,β-unsaturated/α-hetero) is 1. The zero-order chi connectivity index (χ0) is 11.8. The first-order chi connectivity index (χ1) is 6.93. The summed E-state index contributed by atoms with van der Waals surface area (Å²) in [7, 11) is 0. The number of nitrogens with two attached hydrogens (primary N) is 1. The third kappa shape index (κ3) is 7.93. The summed E-state index contributed by atoms with van der Waals surface area (Å²) < 4.78 is 0. The van der Waals surface area contributed by atoms with E-state index in [2.05, 4.69) is 10.6 Å². The molecule has 1 atom stereocenters. The molecule has 0 aliphatic carbocycles. The van der Waals surface area contributed by atoms with E-state index in [1.165, 1.54) is 0 Å². The fourth-order valence-electron chi connectivity index (χ4n) is 1.32. The van der Waals surface area contributed by atoms with Crippen molar-refractivity contribution in [1.82, 2.24) is 10.6 Å². The van der Waals surface area contributed by atoms with Gasteiger partial charge in [-0.3, -0.25) is 4.79 Å². The topological polar surface area (TPSA) is 84.2 Å². The summed E-state index contributed by atoms with van der Waals surface area (Å²) in [5.41, 5.74) is 4.92. The first kappa shape index (κ1) is 13.9. The average molecular weight is 215 g/mol. The standard InChI is InChI=1S/C10H21N3O2/c1-7(2)13-9(8(3)14)5-4-6-12-10(11)15/h7,9,13H,4-6H2,1-3H3,(H3,11,12,15)/t9-/m1/s1. The van der Waals surface area contributed by atoms with Crippen LogP contribution in [0.15, 0.2) is 0 Å². The van der Waals surface area contributed by atoms with Gasteiger partial charge in [0, 0.05) is 12.6 Å². The molecule has 0 aromatic heterocycles. The Balaban J connectivity index is 3.76. The molecular formula is C10H21N3O2. The van der Waals surface area contributed by atoms with Crippen molar-refractivity contribution < 1.29 is 9.59 Å². The fourth-order valence-corrected chi connectivity index (χ4v) is 1.32. The third-order valence-electron chi connectivity index (χ3n) is 1.99. The van der Waals surface area contributed by atoms with Gasteiger partial charge in [0.25, 0.3) is 0 Å². The predicted molar refractivity (Wildman–Crippen MR) is 59.6 cm³/mol. The van der Waals surface area contributed by atoms with Crippen LogP contribution in [0.3, 0.4) is 0 Å². The second kappa shape index (κ2) is 7.23. The maximum absolute atomic E-state index is 11.2. The first-order valence-corrected chi connectivity index (χ1v) is 5.23. The zero-order valence-corrected chi connectivity index (χ0v) is 9.67. The molecule has 0 heterocycles. The van der Waals surface area contributed by atoms with Crippen LogP contribution in [-0.2, 0) is 4.79 Å². The number of hydrogen-bond acceptors (Lipinski definition) is 3. The molecule has 0 aromatic rings. The largest absolute Gasteiger partial charge is 0.352 e. The van der Waals surface area contributed by atoms with Crippen LogP contribution in [0, 0.1) is 0 Å². The Morgan fingerprint density at radius 1 is 1.33 bits per heavy atom. The van der Waals surface area contributed by atoms with E-state index in [9.17, 15) is 9.59 Å². The van der Waals surface area contributed by atoms with Gasteiger partial charge in [0.1, 0.15) is 5.78 Å². The average Bonchev–Trinajstić information content (AvgIpc) is 2.08. The van der Waals surface area contributed by atoms with E-state index in [1.54, 1.807) is 6.92 Å². The third-order valence-corrected chi connectivity index (χ3v) is 1.99. The number of primary amides is 1. The summed E-state index contributed by atoms with van der Waals surface area (Å²) in [6.45, 7) is 6.08. The van der Waals surface area contributed by atoms with Crippen molar-refractivity contribution in [2.24, 2.45) is 5.73 Å². The van der Waals surface area contributed by atoms with E-state index in [0.717, 1.165) is 6.42 Å². The Labute approximate surface area is 90.8 Å². The Kier molecular flexibility index (Phi) is 6.70. The van der Waals surface area contributed by atoms with Crippen LogP contribution in [-0.4, -0.2) is 30.4 Å². The summed E-state index contributed by atoms with van der Waals surface area (Å²) >= 11 is 0. The van der Waals surface area contributed by atoms with Crippen molar-refractivity contribution in [2.45, 2.75) is 45.7 Å². The maximum atomic E-state index is 11.2. The van der Waals surface area contributed by atoms with Gasteiger partial charge >= 0.3 is 6.03 Å². The molecule has 5 heteroatoms. The van der Waals surface area contributed by atoms with Gasteiger partial charge in [-0.25, -0.2) is 4.79 Å². The van der Waals surface area contributed by atoms with E-state index in [0.29, 0.717) is 13.0 Å². The SMILES string of the molecule is CC(=O)[C@@H](CCCNC(N)=O)NC(C)C. The molecule has 0 aliphatic rings. The van der Waals surface area contributed by atoms with Crippen LogP contribution in [0.4, 0.5) is 4.79 Å². The minimum absolute atomic E-state index is 0.125. The molecule has 0 aliphatic heterocycles. The molecule has 0 rings (SSSR count). The number of nitrogens with one attached hydrogen (secondary N) is 2. The highest BCUT2D eigenvalue weighted by Gasteiger charge is 2.13. The fraction of sp³-hybridized carbons (Fsp3) is 0.800. The number of hydrogen-bond donors (Lipinski definition) is 3. The number of carbonyl (C=O) groups excluding carboxylic acids is 2. The molecule has 0 spiro atoms. The number of carbonyl (C=O) groups is 2. The number of amides is 2. The number of ketones is 1. The van der Waals surface area contributed by atoms with Crippen molar-refractivity contribution >= 4 is 11.8 Å². The monoisotopic (exact) mass is 215 g/mol. The Hall–Kier alpha value is -1.10. The smallest absolute Gasteiger partial charge is 0.312 e. The highest BCUT2D eigenvalue weighted by molar-refractivity contribution is 5.81. The molecule has 0 aromatic carbocycles. The summed E-state index contributed by atoms with van der Waals surface area (Å²) in [6, 6.07) is -0.367. The number of urea groups is 1. The van der Waals surface area contributed by atoms with Gasteiger partial charge in [-0.15, -0.1) is 0 Å². The van der Waals surface area contributed by atoms with Crippen molar-refractivity contribution in [1.29, 1.82) is 0 Å². The normalized spacial score (nSPS) is 12.5. The Morgan fingerprint density at radius 3 is 2.33 bits per heavy atom. The van der Waals surface area contributed by atoms with Crippen LogP contribution in [0.2, 0.25) is 0 Å². The lowest BCUT2D eigenvalue weighted by atomic mass is 10.1. The molecular weight excluding hydrogens is 194 g/mol. The highest BCUT2D eigenvalue weighted by Crippen LogP contribution is 1.99. The maximum Gasteiger partial charge on any atom is 0.312 e. The molecule has 4 N–H and O–H groups in total. The van der Waals surface area contributed by atoms with Gasteiger partial charge in [-0.2, -0.15) is 0 Å². The second-order valence-electron chi connectivity index (χ2n) is 3.92. The summed E-state index contributed by atoms with van der Waals surface area (Å²) in [6.07, 6.45) is 1.46. The van der Waals surface area contributed by atoms with E-state index < -0.39 is 6.03 Å². The van der Waals surface area contributed by atoms with Crippen LogP contribution in [0.25, 0.3) is 0 Å². The molecule has 15 heavy (non-hydrogen) atoms. The lowest BCUT2D eigenvalue weighted by Crippen LogP contribution is -2.40. The predicted octanol–water partition coefficient (Wildman–Crippen LogP) is 0.391. The Bertz CT molecular complexity index is 217. The van der Waals surface area contributed by atoms with E-state index >= 15 is 0 Å². The molecule has 0 unspecified atom stereocenters. The van der Waals surface area contributed by atoms with Crippen molar-refractivity contribution in [3.05, 3.63) is 0 Å².